The average Bonchev–Trinajstić information content (AvgIpc) is 3.49. The summed E-state index contributed by atoms with van der Waals surface area (Å²) in [7, 11) is 4.61. The van der Waals surface area contributed by atoms with E-state index in [1.165, 1.54) is 12.0 Å². The zero-order valence-corrected chi connectivity index (χ0v) is 21.4. The minimum Gasteiger partial charge on any atom is -0.507 e. The lowest BCUT2D eigenvalue weighted by molar-refractivity contribution is -0.139. The first-order valence-corrected chi connectivity index (χ1v) is 12.2. The minimum atomic E-state index is -0.858. The second-order valence-electron chi connectivity index (χ2n) is 8.94. The van der Waals surface area contributed by atoms with Gasteiger partial charge >= 0.3 is 0 Å². The number of likely N-dealkylation sites (tertiary alicyclic amines) is 1. The average molecular weight is 513 g/mol. The van der Waals surface area contributed by atoms with Crippen molar-refractivity contribution in [1.82, 2.24) is 9.88 Å². The Kier molecular flexibility index (Phi) is 6.79. The van der Waals surface area contributed by atoms with E-state index in [0.717, 1.165) is 16.5 Å². The molecule has 8 nitrogen and oxygen atoms in total. The van der Waals surface area contributed by atoms with Crippen molar-refractivity contribution in [3.05, 3.63) is 95.2 Å². The monoisotopic (exact) mass is 512 g/mol. The molecule has 0 aliphatic carbocycles. The Morgan fingerprint density at radius 3 is 2.34 bits per heavy atom. The van der Waals surface area contributed by atoms with E-state index in [0.29, 0.717) is 34.8 Å². The number of fused-ring (bicyclic) bond motifs is 1. The molecule has 0 saturated carbocycles. The summed E-state index contributed by atoms with van der Waals surface area (Å²) in [4.78, 5) is 31.6. The predicted octanol–water partition coefficient (Wildman–Crippen LogP) is 4.86. The fourth-order valence-corrected chi connectivity index (χ4v) is 4.96. The number of ketones is 1. The fourth-order valence-electron chi connectivity index (χ4n) is 4.96. The third-order valence-electron chi connectivity index (χ3n) is 6.94. The maximum atomic E-state index is 13.4. The highest BCUT2D eigenvalue weighted by atomic mass is 16.5. The molecule has 3 aromatic carbocycles. The summed E-state index contributed by atoms with van der Waals surface area (Å²) < 4.78 is 16.2. The number of hydrogen-bond donors (Lipinski definition) is 2. The number of carbonyl (C=O) groups is 2. The van der Waals surface area contributed by atoms with Crippen molar-refractivity contribution in [2.24, 2.45) is 0 Å². The van der Waals surface area contributed by atoms with Gasteiger partial charge in [-0.2, -0.15) is 0 Å². The topological polar surface area (TPSA) is 101 Å². The molecule has 1 aromatic heterocycles. The second-order valence-corrected chi connectivity index (χ2v) is 8.94. The number of ether oxygens (including phenoxy) is 3. The molecule has 8 heteroatoms. The number of aliphatic hydroxyl groups excluding tert-OH is 1. The first-order chi connectivity index (χ1) is 18.5. The summed E-state index contributed by atoms with van der Waals surface area (Å²) in [5.74, 6) is -0.0778. The number of aromatic nitrogens is 1. The van der Waals surface area contributed by atoms with Gasteiger partial charge in [0.05, 0.1) is 32.9 Å². The summed E-state index contributed by atoms with van der Waals surface area (Å²) in [5.41, 5.74) is 3.00. The summed E-state index contributed by atoms with van der Waals surface area (Å²) in [6.07, 6.45) is 2.43. The molecular formula is C30H28N2O6. The number of aliphatic hydroxyl groups is 1. The van der Waals surface area contributed by atoms with Gasteiger partial charge in [0.1, 0.15) is 23.0 Å². The van der Waals surface area contributed by atoms with E-state index in [4.69, 9.17) is 14.2 Å². The smallest absolute Gasteiger partial charge is 0.295 e. The first kappa shape index (κ1) is 25.0. The normalized spacial score (nSPS) is 16.7. The largest absolute Gasteiger partial charge is 0.507 e. The van der Waals surface area contributed by atoms with Crippen molar-refractivity contribution in [2.45, 2.75) is 12.5 Å². The SMILES string of the molecule is COc1ccc(C(O)=C2C(=O)C(=O)N(CCc3c[nH]c4ccccc34)C2c2ccc(OC)cc2OC)cc1. The molecule has 2 heterocycles. The van der Waals surface area contributed by atoms with Gasteiger partial charge in [0.25, 0.3) is 11.7 Å². The molecule has 1 saturated heterocycles. The van der Waals surface area contributed by atoms with E-state index < -0.39 is 17.7 Å². The van der Waals surface area contributed by atoms with Crippen molar-refractivity contribution in [3.63, 3.8) is 0 Å². The van der Waals surface area contributed by atoms with Crippen LogP contribution >= 0.6 is 0 Å². The number of rotatable bonds is 8. The van der Waals surface area contributed by atoms with Crippen LogP contribution in [0.4, 0.5) is 0 Å². The number of nitrogens with zero attached hydrogens (tertiary/aromatic N) is 1. The summed E-state index contributed by atoms with van der Waals surface area (Å²) in [6, 6.07) is 18.9. The molecule has 1 amide bonds. The lowest BCUT2D eigenvalue weighted by Gasteiger charge is -2.27. The molecule has 4 aromatic rings. The molecule has 38 heavy (non-hydrogen) atoms. The summed E-state index contributed by atoms with van der Waals surface area (Å²) >= 11 is 0. The van der Waals surface area contributed by atoms with E-state index in [1.807, 2.05) is 30.5 Å². The van der Waals surface area contributed by atoms with Gasteiger partial charge in [0.2, 0.25) is 0 Å². The number of H-pyrrole nitrogens is 1. The van der Waals surface area contributed by atoms with Gasteiger partial charge < -0.3 is 29.2 Å². The van der Waals surface area contributed by atoms with Crippen LogP contribution in [0.25, 0.3) is 16.7 Å². The molecule has 0 spiro atoms. The molecule has 1 aliphatic heterocycles. The van der Waals surface area contributed by atoms with Crippen LogP contribution in [0.15, 0.2) is 78.5 Å². The van der Waals surface area contributed by atoms with Crippen molar-refractivity contribution < 1.29 is 28.9 Å². The molecule has 0 bridgehead atoms. The molecule has 1 aliphatic rings. The van der Waals surface area contributed by atoms with Crippen LogP contribution in [0.1, 0.15) is 22.7 Å². The molecule has 1 fully saturated rings. The summed E-state index contributed by atoms with van der Waals surface area (Å²) in [5, 5.41) is 12.4. The zero-order valence-electron chi connectivity index (χ0n) is 21.4. The molecule has 2 N–H and O–H groups in total. The molecular weight excluding hydrogens is 484 g/mol. The van der Waals surface area contributed by atoms with E-state index in [9.17, 15) is 14.7 Å². The number of hydrogen-bond acceptors (Lipinski definition) is 6. The number of carbonyl (C=O) groups excluding carboxylic acids is 2. The Labute approximate surface area is 220 Å². The lowest BCUT2D eigenvalue weighted by Crippen LogP contribution is -2.31. The van der Waals surface area contributed by atoms with Crippen molar-refractivity contribution in [2.75, 3.05) is 27.9 Å². The van der Waals surface area contributed by atoms with Crippen molar-refractivity contribution >= 4 is 28.4 Å². The molecule has 1 unspecified atom stereocenters. The number of nitrogens with one attached hydrogen (secondary N) is 1. The Balaban J connectivity index is 1.61. The quantitative estimate of drug-likeness (QED) is 0.199. The van der Waals surface area contributed by atoms with Gasteiger partial charge in [-0.1, -0.05) is 18.2 Å². The number of aromatic amines is 1. The van der Waals surface area contributed by atoms with Crippen LogP contribution in [-0.2, 0) is 16.0 Å². The second kappa shape index (κ2) is 10.3. The van der Waals surface area contributed by atoms with Crippen molar-refractivity contribution in [3.8, 4) is 17.2 Å². The van der Waals surface area contributed by atoms with E-state index in [-0.39, 0.29) is 17.9 Å². The minimum absolute atomic E-state index is 0.00237. The van der Waals surface area contributed by atoms with Gasteiger partial charge in [-0.05, 0) is 54.4 Å². The Bertz CT molecular complexity index is 1540. The maximum Gasteiger partial charge on any atom is 0.295 e. The first-order valence-electron chi connectivity index (χ1n) is 12.2. The highest BCUT2D eigenvalue weighted by Crippen LogP contribution is 2.44. The standard InChI is InChI=1S/C30H28N2O6/c1-36-20-10-8-18(9-11-20)28(33)26-27(23-13-12-21(37-2)16-25(23)38-3)32(30(35)29(26)34)15-14-19-17-31-24-7-5-4-6-22(19)24/h4-13,16-17,27,31,33H,14-15H2,1-3H3. The van der Waals surface area contributed by atoms with E-state index in [2.05, 4.69) is 4.98 Å². The molecule has 1 atom stereocenters. The number of Topliss-reactive ketones (excluding diaryl/α,β-unsaturated/α-hetero) is 1. The molecule has 0 radical (unpaired) electrons. The van der Waals surface area contributed by atoms with Gasteiger partial charge in [-0.3, -0.25) is 9.59 Å². The van der Waals surface area contributed by atoms with Crippen LogP contribution in [0.3, 0.4) is 0 Å². The third kappa shape index (κ3) is 4.34. The van der Waals surface area contributed by atoms with Gasteiger partial charge in [-0.15, -0.1) is 0 Å². The summed E-state index contributed by atoms with van der Waals surface area (Å²) in [6.45, 7) is 0.256. The molecule has 5 rings (SSSR count). The fraction of sp³-hybridized carbons (Fsp3) is 0.200. The van der Waals surface area contributed by atoms with Crippen molar-refractivity contribution in [1.29, 1.82) is 0 Å². The Morgan fingerprint density at radius 2 is 1.63 bits per heavy atom. The number of para-hydroxylation sites is 1. The Morgan fingerprint density at radius 1 is 0.921 bits per heavy atom. The highest BCUT2D eigenvalue weighted by molar-refractivity contribution is 6.46. The van der Waals surface area contributed by atoms with E-state index >= 15 is 0 Å². The van der Waals surface area contributed by atoms with Crippen LogP contribution in [0, 0.1) is 0 Å². The van der Waals surface area contributed by atoms with Gasteiger partial charge in [0.15, 0.2) is 0 Å². The number of benzene rings is 3. The maximum absolute atomic E-state index is 13.4. The predicted molar refractivity (Wildman–Crippen MR) is 144 cm³/mol. The van der Waals surface area contributed by atoms with Gasteiger partial charge in [-0.25, -0.2) is 0 Å². The van der Waals surface area contributed by atoms with Crippen LogP contribution < -0.4 is 14.2 Å². The van der Waals surface area contributed by atoms with Crippen LogP contribution in [0.5, 0.6) is 17.2 Å². The van der Waals surface area contributed by atoms with Gasteiger partial charge in [0, 0.05) is 40.8 Å². The number of methoxy groups -OCH3 is 3. The lowest BCUT2D eigenvalue weighted by atomic mass is 9.94. The van der Waals surface area contributed by atoms with Crippen LogP contribution in [-0.4, -0.2) is 54.6 Å². The highest BCUT2D eigenvalue weighted by Gasteiger charge is 2.47. The van der Waals surface area contributed by atoms with E-state index in [1.54, 1.807) is 56.7 Å². The third-order valence-corrected chi connectivity index (χ3v) is 6.94. The number of amides is 1. The van der Waals surface area contributed by atoms with Crippen LogP contribution in [0.2, 0.25) is 0 Å². The zero-order chi connectivity index (χ0) is 26.8. The Hall–Kier alpha value is -4.72. The molecule has 194 valence electrons.